The predicted octanol–water partition coefficient (Wildman–Crippen LogP) is 3.50. The molecule has 0 atom stereocenters. The molecule has 3 rings (SSSR count). The smallest absolute Gasteiger partial charge is 0.330 e. The Morgan fingerprint density at radius 3 is 2.38 bits per heavy atom. The molecule has 0 unspecified atom stereocenters. The summed E-state index contributed by atoms with van der Waals surface area (Å²) in [7, 11) is 0. The van der Waals surface area contributed by atoms with E-state index < -0.39 is 23.2 Å². The van der Waals surface area contributed by atoms with Gasteiger partial charge in [-0.25, -0.2) is 4.79 Å². The van der Waals surface area contributed by atoms with Crippen LogP contribution >= 0.6 is 0 Å². The summed E-state index contributed by atoms with van der Waals surface area (Å²) in [5, 5.41) is 39.4. The molecule has 134 valence electrons. The van der Waals surface area contributed by atoms with Crippen molar-refractivity contribution >= 4 is 23.0 Å². The molecule has 7 nitrogen and oxygen atoms in total. The van der Waals surface area contributed by atoms with E-state index in [1.54, 1.807) is 19.1 Å². The van der Waals surface area contributed by atoms with Crippen molar-refractivity contribution in [3.8, 4) is 34.3 Å². The highest BCUT2D eigenvalue weighted by Gasteiger charge is 2.15. The Hall–Kier alpha value is -3.61. The van der Waals surface area contributed by atoms with Crippen LogP contribution < -0.4 is 0 Å². The molecule has 1 aromatic heterocycles. The molecule has 4 N–H and O–H groups in total. The van der Waals surface area contributed by atoms with Crippen molar-refractivity contribution in [3.63, 3.8) is 0 Å². The van der Waals surface area contributed by atoms with Gasteiger partial charge in [-0.3, -0.25) is 0 Å². The van der Waals surface area contributed by atoms with Gasteiger partial charge >= 0.3 is 5.97 Å². The number of carbonyl (C=O) groups excluding carboxylic acids is 1. The van der Waals surface area contributed by atoms with Crippen molar-refractivity contribution < 1.29 is 34.4 Å². The lowest BCUT2D eigenvalue weighted by Gasteiger charge is -2.03. The van der Waals surface area contributed by atoms with E-state index in [9.17, 15) is 25.2 Å². The number of phenols is 4. The third-order valence-corrected chi connectivity index (χ3v) is 3.67. The summed E-state index contributed by atoms with van der Waals surface area (Å²) < 4.78 is 10.4. The van der Waals surface area contributed by atoms with Crippen molar-refractivity contribution in [3.05, 3.63) is 42.0 Å². The van der Waals surface area contributed by atoms with Crippen LogP contribution in [0.3, 0.4) is 0 Å². The van der Waals surface area contributed by atoms with Crippen LogP contribution in [-0.4, -0.2) is 33.0 Å². The first-order valence-corrected chi connectivity index (χ1v) is 7.75. The number of carbonyl (C=O) groups is 1. The van der Waals surface area contributed by atoms with Crippen LogP contribution in [0, 0.1) is 0 Å². The first kappa shape index (κ1) is 17.2. The first-order valence-electron chi connectivity index (χ1n) is 7.75. The van der Waals surface area contributed by atoms with E-state index in [1.165, 1.54) is 30.4 Å². The monoisotopic (exact) mass is 356 g/mol. The highest BCUT2D eigenvalue weighted by atomic mass is 16.5. The Kier molecular flexibility index (Phi) is 4.45. The summed E-state index contributed by atoms with van der Waals surface area (Å²) in [4.78, 5) is 11.4. The molecule has 0 amide bonds. The molecule has 0 radical (unpaired) electrons. The Labute approximate surface area is 148 Å². The van der Waals surface area contributed by atoms with Crippen molar-refractivity contribution in [2.75, 3.05) is 6.61 Å². The number of rotatable bonds is 4. The Morgan fingerprint density at radius 1 is 1.04 bits per heavy atom. The standard InChI is InChI=1S/C19H16O7/c1-2-25-17(23)4-3-10-5-12-9-16(26-19(12)15(22)6-10)11-7-13(20)18(24)14(21)8-11/h3-9,20-22,24H,2H2,1H3/b4-3+. The van der Waals surface area contributed by atoms with E-state index in [2.05, 4.69) is 0 Å². The number of hydrogen-bond acceptors (Lipinski definition) is 7. The maximum Gasteiger partial charge on any atom is 0.330 e. The third-order valence-electron chi connectivity index (χ3n) is 3.67. The van der Waals surface area contributed by atoms with Gasteiger partial charge in [-0.1, -0.05) is 0 Å². The fraction of sp³-hybridized carbons (Fsp3) is 0.105. The highest BCUT2D eigenvalue weighted by Crippen LogP contribution is 2.41. The maximum absolute atomic E-state index is 11.4. The van der Waals surface area contributed by atoms with Crippen LogP contribution in [0.25, 0.3) is 28.4 Å². The minimum absolute atomic E-state index is 0.135. The summed E-state index contributed by atoms with van der Waals surface area (Å²) >= 11 is 0. The molecule has 0 saturated carbocycles. The number of aromatic hydroxyl groups is 4. The van der Waals surface area contributed by atoms with Gasteiger partial charge in [0.1, 0.15) is 5.76 Å². The molecule has 7 heteroatoms. The maximum atomic E-state index is 11.4. The zero-order valence-electron chi connectivity index (χ0n) is 13.8. The lowest BCUT2D eigenvalue weighted by atomic mass is 10.1. The number of benzene rings is 2. The van der Waals surface area contributed by atoms with Crippen molar-refractivity contribution in [1.82, 2.24) is 0 Å². The highest BCUT2D eigenvalue weighted by molar-refractivity contribution is 5.92. The molecular formula is C19H16O7. The molecule has 3 aromatic rings. The number of furan rings is 1. The average Bonchev–Trinajstić information content (AvgIpc) is 3.02. The number of phenolic OH excluding ortho intramolecular Hbond substituents is 4. The average molecular weight is 356 g/mol. The predicted molar refractivity (Wildman–Crippen MR) is 94.0 cm³/mol. The zero-order valence-corrected chi connectivity index (χ0v) is 13.8. The van der Waals surface area contributed by atoms with Crippen LogP contribution in [0.5, 0.6) is 23.0 Å². The number of fused-ring (bicyclic) bond motifs is 1. The molecule has 0 aliphatic rings. The summed E-state index contributed by atoms with van der Waals surface area (Å²) in [6.07, 6.45) is 2.75. The lowest BCUT2D eigenvalue weighted by molar-refractivity contribution is -0.137. The summed E-state index contributed by atoms with van der Waals surface area (Å²) in [6, 6.07) is 7.17. The minimum Gasteiger partial charge on any atom is -0.504 e. The van der Waals surface area contributed by atoms with E-state index in [4.69, 9.17) is 9.15 Å². The van der Waals surface area contributed by atoms with Crippen molar-refractivity contribution in [1.29, 1.82) is 0 Å². The molecular weight excluding hydrogens is 340 g/mol. The summed E-state index contributed by atoms with van der Waals surface area (Å²) in [5.41, 5.74) is 1.09. The molecule has 26 heavy (non-hydrogen) atoms. The van der Waals surface area contributed by atoms with Gasteiger partial charge in [0.25, 0.3) is 0 Å². The number of hydrogen-bond donors (Lipinski definition) is 4. The fourth-order valence-corrected chi connectivity index (χ4v) is 2.50. The van der Waals surface area contributed by atoms with E-state index >= 15 is 0 Å². The Balaban J connectivity index is 2.01. The second-order valence-corrected chi connectivity index (χ2v) is 5.52. The number of ether oxygens (including phenoxy) is 1. The molecule has 0 aliphatic heterocycles. The third kappa shape index (κ3) is 3.27. The zero-order chi connectivity index (χ0) is 18.8. The number of esters is 1. The summed E-state index contributed by atoms with van der Waals surface area (Å²) in [5.74, 6) is -1.98. The Morgan fingerprint density at radius 2 is 1.73 bits per heavy atom. The quantitative estimate of drug-likeness (QED) is 0.321. The van der Waals surface area contributed by atoms with Gasteiger partial charge in [-0.05, 0) is 48.9 Å². The SMILES string of the molecule is CCOC(=O)/C=C/c1cc(O)c2oc(-c3cc(O)c(O)c(O)c3)cc2c1. The summed E-state index contributed by atoms with van der Waals surface area (Å²) in [6.45, 7) is 1.97. The van der Waals surface area contributed by atoms with E-state index in [0.29, 0.717) is 16.5 Å². The van der Waals surface area contributed by atoms with Crippen LogP contribution in [0.4, 0.5) is 0 Å². The van der Waals surface area contributed by atoms with Gasteiger partial charge in [0, 0.05) is 17.0 Å². The largest absolute Gasteiger partial charge is 0.504 e. The van der Waals surface area contributed by atoms with Gasteiger partial charge in [0.2, 0.25) is 0 Å². The van der Waals surface area contributed by atoms with Crippen LogP contribution in [-0.2, 0) is 9.53 Å². The van der Waals surface area contributed by atoms with E-state index in [1.807, 2.05) is 0 Å². The van der Waals surface area contributed by atoms with Gasteiger partial charge in [-0.2, -0.15) is 0 Å². The van der Waals surface area contributed by atoms with Crippen LogP contribution in [0.2, 0.25) is 0 Å². The molecule has 0 fully saturated rings. The van der Waals surface area contributed by atoms with Gasteiger partial charge in [0.05, 0.1) is 6.61 Å². The molecule has 0 aliphatic carbocycles. The van der Waals surface area contributed by atoms with E-state index in [0.717, 1.165) is 0 Å². The molecule has 1 heterocycles. The van der Waals surface area contributed by atoms with Gasteiger partial charge in [0.15, 0.2) is 28.6 Å². The molecule has 0 bridgehead atoms. The molecule has 0 saturated heterocycles. The topological polar surface area (TPSA) is 120 Å². The van der Waals surface area contributed by atoms with Gasteiger partial charge in [-0.15, -0.1) is 0 Å². The van der Waals surface area contributed by atoms with Crippen LogP contribution in [0.1, 0.15) is 12.5 Å². The normalized spacial score (nSPS) is 11.3. The van der Waals surface area contributed by atoms with Crippen molar-refractivity contribution in [2.24, 2.45) is 0 Å². The second-order valence-electron chi connectivity index (χ2n) is 5.52. The minimum atomic E-state index is -0.626. The molecule has 0 spiro atoms. The molecule has 2 aromatic carbocycles. The van der Waals surface area contributed by atoms with Crippen LogP contribution in [0.15, 0.2) is 40.8 Å². The van der Waals surface area contributed by atoms with Gasteiger partial charge < -0.3 is 29.6 Å². The van der Waals surface area contributed by atoms with Crippen molar-refractivity contribution in [2.45, 2.75) is 6.92 Å². The first-order chi connectivity index (χ1) is 12.4. The Bertz CT molecular complexity index is 991. The fourth-order valence-electron chi connectivity index (χ4n) is 2.50. The van der Waals surface area contributed by atoms with E-state index in [-0.39, 0.29) is 23.7 Å². The lowest BCUT2D eigenvalue weighted by Crippen LogP contribution is -1.98. The second kappa shape index (κ2) is 6.72.